The lowest BCUT2D eigenvalue weighted by Gasteiger charge is -2.23. The van der Waals surface area contributed by atoms with E-state index in [2.05, 4.69) is 16.9 Å². The van der Waals surface area contributed by atoms with Crippen LogP contribution in [0.15, 0.2) is 72.6 Å². The summed E-state index contributed by atoms with van der Waals surface area (Å²) in [5, 5.41) is 12.1. The van der Waals surface area contributed by atoms with E-state index >= 15 is 0 Å². The fraction of sp³-hybridized carbons (Fsp3) is 0.214. The molecule has 0 spiro atoms. The maximum Gasteiger partial charge on any atom is 0.301 e. The van der Waals surface area contributed by atoms with Crippen molar-refractivity contribution < 1.29 is 19.4 Å². The molecule has 37 heavy (non-hydrogen) atoms. The van der Waals surface area contributed by atoms with E-state index in [-0.39, 0.29) is 11.3 Å². The number of nitrogens with zero attached hydrogens (tertiary/aromatic N) is 3. The van der Waals surface area contributed by atoms with Crippen LogP contribution >= 0.6 is 22.9 Å². The number of fused-ring (bicyclic) bond motifs is 1. The zero-order chi connectivity index (χ0) is 25.9. The minimum Gasteiger partial charge on any atom is -0.507 e. The zero-order valence-corrected chi connectivity index (χ0v) is 21.6. The van der Waals surface area contributed by atoms with Gasteiger partial charge in [-0.2, -0.15) is 0 Å². The first-order valence-electron chi connectivity index (χ1n) is 12.0. The Kier molecular flexibility index (Phi) is 7.21. The van der Waals surface area contributed by atoms with E-state index in [0.717, 1.165) is 24.0 Å². The highest BCUT2D eigenvalue weighted by atomic mass is 35.5. The molecule has 1 atom stereocenters. The van der Waals surface area contributed by atoms with E-state index in [0.29, 0.717) is 39.2 Å². The molecule has 0 bridgehead atoms. The molecule has 4 aromatic rings. The van der Waals surface area contributed by atoms with Gasteiger partial charge in [-0.1, -0.05) is 54.8 Å². The van der Waals surface area contributed by atoms with Gasteiger partial charge in [0.25, 0.3) is 5.78 Å². The van der Waals surface area contributed by atoms with E-state index in [4.69, 9.17) is 16.3 Å². The molecule has 1 N–H and O–H groups in total. The number of hydrogen-bond donors (Lipinski definition) is 1. The number of Topliss-reactive ketones (excluding diaryl/α,β-unsaturated/α-hetero) is 1. The highest BCUT2D eigenvalue weighted by Gasteiger charge is 2.48. The molecule has 1 amide bonds. The van der Waals surface area contributed by atoms with Crippen LogP contribution in [0.4, 0.5) is 5.13 Å². The Morgan fingerprint density at radius 3 is 2.70 bits per heavy atom. The summed E-state index contributed by atoms with van der Waals surface area (Å²) >= 11 is 7.42. The molecule has 1 aliphatic heterocycles. The predicted molar refractivity (Wildman–Crippen MR) is 145 cm³/mol. The number of aromatic nitrogens is 2. The Morgan fingerprint density at radius 1 is 1.11 bits per heavy atom. The van der Waals surface area contributed by atoms with Crippen LogP contribution in [0.2, 0.25) is 5.02 Å². The summed E-state index contributed by atoms with van der Waals surface area (Å²) in [5.74, 6) is -1.20. The van der Waals surface area contributed by atoms with Gasteiger partial charge >= 0.3 is 5.91 Å². The summed E-state index contributed by atoms with van der Waals surface area (Å²) in [4.78, 5) is 36.8. The summed E-state index contributed by atoms with van der Waals surface area (Å²) < 4.78 is 6.72. The second-order valence-electron chi connectivity index (χ2n) is 8.64. The molecule has 1 aliphatic rings. The van der Waals surface area contributed by atoms with Crippen LogP contribution in [-0.4, -0.2) is 33.4 Å². The van der Waals surface area contributed by atoms with Crippen LogP contribution in [0.25, 0.3) is 16.0 Å². The molecule has 1 unspecified atom stereocenters. The topological polar surface area (TPSA) is 92.6 Å². The fourth-order valence-corrected chi connectivity index (χ4v) is 5.58. The molecular formula is C28H24ClN3O4S. The molecule has 188 valence electrons. The van der Waals surface area contributed by atoms with E-state index in [9.17, 15) is 14.7 Å². The molecule has 5 rings (SSSR count). The smallest absolute Gasteiger partial charge is 0.301 e. The van der Waals surface area contributed by atoms with Crippen molar-refractivity contribution in [1.82, 2.24) is 9.97 Å². The van der Waals surface area contributed by atoms with E-state index in [1.54, 1.807) is 36.4 Å². The third-order valence-corrected chi connectivity index (χ3v) is 7.39. The maximum absolute atomic E-state index is 13.4. The Bertz CT molecular complexity index is 1500. The first-order chi connectivity index (χ1) is 18.0. The summed E-state index contributed by atoms with van der Waals surface area (Å²) in [7, 11) is 0. The lowest BCUT2D eigenvalue weighted by molar-refractivity contribution is -0.132. The molecule has 9 heteroatoms. The van der Waals surface area contributed by atoms with Crippen LogP contribution in [0, 0.1) is 0 Å². The number of carbonyl (C=O) groups excluding carboxylic acids is 2. The average Bonchev–Trinajstić information content (AvgIpc) is 3.44. The van der Waals surface area contributed by atoms with Gasteiger partial charge in [-0.15, -0.1) is 0 Å². The lowest BCUT2D eigenvalue weighted by Crippen LogP contribution is -2.29. The average molecular weight is 534 g/mol. The molecule has 0 saturated carbocycles. The van der Waals surface area contributed by atoms with Crippen LogP contribution in [0.5, 0.6) is 5.75 Å². The quantitative estimate of drug-likeness (QED) is 0.120. The molecule has 7 nitrogen and oxygen atoms in total. The number of unbranched alkanes of at least 4 members (excludes halogenated alkanes) is 2. The zero-order valence-electron chi connectivity index (χ0n) is 20.1. The lowest BCUT2D eigenvalue weighted by atomic mass is 9.95. The Labute approximate surface area is 223 Å². The van der Waals surface area contributed by atoms with Gasteiger partial charge in [0.05, 0.1) is 28.4 Å². The Hall–Kier alpha value is -3.75. The van der Waals surface area contributed by atoms with Gasteiger partial charge in [0.2, 0.25) is 0 Å². The SMILES string of the molecule is CCCCCOc1cccc(C2/C(=C(\O)c3ccncc3)C(=O)C(=O)N2c2nc3ccc(Cl)cc3s2)c1. The van der Waals surface area contributed by atoms with E-state index in [1.807, 2.05) is 18.2 Å². The summed E-state index contributed by atoms with van der Waals surface area (Å²) in [6.45, 7) is 2.69. The number of thiazole rings is 1. The van der Waals surface area contributed by atoms with Gasteiger partial charge in [0, 0.05) is 23.0 Å². The largest absolute Gasteiger partial charge is 0.507 e. The molecule has 2 aromatic heterocycles. The van der Waals surface area contributed by atoms with Crippen LogP contribution < -0.4 is 9.64 Å². The third kappa shape index (κ3) is 4.95. The van der Waals surface area contributed by atoms with Crippen LogP contribution in [0.3, 0.4) is 0 Å². The number of hydrogen-bond acceptors (Lipinski definition) is 7. The first-order valence-corrected chi connectivity index (χ1v) is 13.2. The monoisotopic (exact) mass is 533 g/mol. The number of amides is 1. The predicted octanol–water partition coefficient (Wildman–Crippen LogP) is 6.54. The third-order valence-electron chi connectivity index (χ3n) is 6.13. The molecule has 0 radical (unpaired) electrons. The highest BCUT2D eigenvalue weighted by Crippen LogP contribution is 2.45. The Morgan fingerprint density at radius 2 is 1.92 bits per heavy atom. The summed E-state index contributed by atoms with van der Waals surface area (Å²) in [5.41, 5.74) is 1.66. The Balaban J connectivity index is 1.64. The normalized spacial score (nSPS) is 17.0. The molecule has 3 heterocycles. The van der Waals surface area contributed by atoms with Gasteiger partial charge in [0.1, 0.15) is 11.5 Å². The number of halogens is 1. The van der Waals surface area contributed by atoms with Crippen LogP contribution in [0.1, 0.15) is 43.4 Å². The highest BCUT2D eigenvalue weighted by molar-refractivity contribution is 7.22. The minimum absolute atomic E-state index is 0.0170. The number of rotatable bonds is 8. The number of anilines is 1. The van der Waals surface area contributed by atoms with Gasteiger partial charge in [-0.25, -0.2) is 4.98 Å². The number of pyridine rings is 1. The minimum atomic E-state index is -0.900. The molecule has 0 aliphatic carbocycles. The van der Waals surface area contributed by atoms with E-state index < -0.39 is 17.7 Å². The second-order valence-corrected chi connectivity index (χ2v) is 10.1. The van der Waals surface area contributed by atoms with Gasteiger partial charge in [-0.3, -0.25) is 19.5 Å². The van der Waals surface area contributed by atoms with Crippen molar-refractivity contribution in [2.75, 3.05) is 11.5 Å². The number of ether oxygens (including phenoxy) is 1. The molecule has 1 saturated heterocycles. The van der Waals surface area contributed by atoms with Gasteiger partial charge in [0.15, 0.2) is 5.13 Å². The summed E-state index contributed by atoms with van der Waals surface area (Å²) in [6, 6.07) is 14.8. The van der Waals surface area contributed by atoms with Crippen molar-refractivity contribution in [3.05, 3.63) is 88.7 Å². The number of ketones is 1. The molecular weight excluding hydrogens is 510 g/mol. The van der Waals surface area contributed by atoms with Gasteiger partial charge < -0.3 is 9.84 Å². The standard InChI is InChI=1S/C28H24ClN3O4S/c1-2-3-4-14-36-20-7-5-6-18(15-20)24-23(25(33)17-10-12-30-13-11-17)26(34)27(35)32(24)28-31-21-9-8-19(29)16-22(21)37-28/h5-13,15-16,24,33H,2-4,14H2,1H3/b25-23+. The van der Waals surface area contributed by atoms with Crippen molar-refractivity contribution in [3.63, 3.8) is 0 Å². The van der Waals surface area contributed by atoms with Gasteiger partial charge in [-0.05, 0) is 54.4 Å². The second kappa shape index (κ2) is 10.7. The summed E-state index contributed by atoms with van der Waals surface area (Å²) in [6.07, 6.45) is 6.10. The number of benzene rings is 2. The number of carbonyl (C=O) groups is 2. The fourth-order valence-electron chi connectivity index (χ4n) is 4.32. The number of aliphatic hydroxyl groups is 1. The van der Waals surface area contributed by atoms with Crippen molar-refractivity contribution in [2.45, 2.75) is 32.2 Å². The molecule has 2 aromatic carbocycles. The van der Waals surface area contributed by atoms with Crippen molar-refractivity contribution in [1.29, 1.82) is 0 Å². The first kappa shape index (κ1) is 24.9. The number of aliphatic hydroxyl groups excluding tert-OH is 1. The van der Waals surface area contributed by atoms with E-state index in [1.165, 1.54) is 28.6 Å². The maximum atomic E-state index is 13.4. The molecule has 1 fully saturated rings. The van der Waals surface area contributed by atoms with Crippen molar-refractivity contribution >= 4 is 55.7 Å². The van der Waals surface area contributed by atoms with Crippen LogP contribution in [-0.2, 0) is 9.59 Å². The van der Waals surface area contributed by atoms with Crippen molar-refractivity contribution in [2.24, 2.45) is 0 Å². The van der Waals surface area contributed by atoms with Crippen molar-refractivity contribution in [3.8, 4) is 5.75 Å².